The normalized spacial score (nSPS) is 10.4. The van der Waals surface area contributed by atoms with Crippen molar-refractivity contribution < 1.29 is 9.13 Å². The molecule has 2 aromatic rings. The molecule has 0 amide bonds. The van der Waals surface area contributed by atoms with E-state index < -0.39 is 0 Å². The van der Waals surface area contributed by atoms with Gasteiger partial charge in [0.2, 0.25) is 0 Å². The molecule has 2 N–H and O–H groups in total. The topological polar surface area (TPSA) is 35.2 Å². The zero-order chi connectivity index (χ0) is 13.0. The maximum Gasteiger partial charge on any atom is 0.165 e. The molecule has 0 spiro atoms. The molecule has 0 bridgehead atoms. The Morgan fingerprint density at radius 2 is 1.94 bits per heavy atom. The third-order valence-corrected chi connectivity index (χ3v) is 2.88. The summed E-state index contributed by atoms with van der Waals surface area (Å²) in [7, 11) is 0. The van der Waals surface area contributed by atoms with Crippen LogP contribution in [0.15, 0.2) is 42.5 Å². The summed E-state index contributed by atoms with van der Waals surface area (Å²) in [5, 5.41) is 0. The molecule has 94 valence electrons. The molecule has 0 radical (unpaired) electrons. The summed E-state index contributed by atoms with van der Waals surface area (Å²) in [6, 6.07) is 12.7. The predicted octanol–water partition coefficient (Wildman–Crippen LogP) is 3.17. The van der Waals surface area contributed by atoms with Crippen molar-refractivity contribution in [3.63, 3.8) is 0 Å². The van der Waals surface area contributed by atoms with Crippen molar-refractivity contribution in [1.82, 2.24) is 0 Å². The maximum absolute atomic E-state index is 13.7. The summed E-state index contributed by atoms with van der Waals surface area (Å²) < 4.78 is 19.1. The molecule has 18 heavy (non-hydrogen) atoms. The zero-order valence-corrected chi connectivity index (χ0v) is 10.3. The van der Waals surface area contributed by atoms with Crippen LogP contribution in [0.5, 0.6) is 5.75 Å². The van der Waals surface area contributed by atoms with Crippen molar-refractivity contribution >= 4 is 0 Å². The number of aryl methyl sites for hydroxylation is 1. The second-order valence-corrected chi connectivity index (χ2v) is 4.18. The number of hydrogen-bond donors (Lipinski definition) is 1. The fourth-order valence-electron chi connectivity index (χ4n) is 1.72. The van der Waals surface area contributed by atoms with Crippen molar-refractivity contribution in [2.24, 2.45) is 5.73 Å². The number of halogens is 1. The number of rotatable bonds is 4. The smallest absolute Gasteiger partial charge is 0.165 e. The van der Waals surface area contributed by atoms with E-state index in [4.69, 9.17) is 10.5 Å². The highest BCUT2D eigenvalue weighted by molar-refractivity contribution is 5.30. The molecule has 3 heteroatoms. The Balaban J connectivity index is 2.09. The summed E-state index contributed by atoms with van der Waals surface area (Å²) >= 11 is 0. The Hall–Kier alpha value is -1.87. The molecule has 0 saturated heterocycles. The molecule has 0 saturated carbocycles. The third-order valence-electron chi connectivity index (χ3n) is 2.88. The van der Waals surface area contributed by atoms with Crippen molar-refractivity contribution in [3.05, 3.63) is 65.0 Å². The van der Waals surface area contributed by atoms with Crippen molar-refractivity contribution in [1.29, 1.82) is 0 Å². The van der Waals surface area contributed by atoms with E-state index in [1.54, 1.807) is 12.1 Å². The van der Waals surface area contributed by atoms with Gasteiger partial charge in [0.05, 0.1) is 0 Å². The number of ether oxygens (including phenoxy) is 1. The largest absolute Gasteiger partial charge is 0.486 e. The molecule has 0 atom stereocenters. The van der Waals surface area contributed by atoms with Gasteiger partial charge in [-0.1, -0.05) is 30.3 Å². The second-order valence-electron chi connectivity index (χ2n) is 4.18. The molecule has 0 aromatic heterocycles. The molecule has 0 aliphatic heterocycles. The van der Waals surface area contributed by atoms with Crippen LogP contribution in [0.3, 0.4) is 0 Å². The van der Waals surface area contributed by atoms with Gasteiger partial charge in [0.15, 0.2) is 11.6 Å². The molecular weight excluding hydrogens is 229 g/mol. The minimum atomic E-state index is -0.369. The Morgan fingerprint density at radius 1 is 1.17 bits per heavy atom. The van der Waals surface area contributed by atoms with Crippen LogP contribution in [0, 0.1) is 12.7 Å². The lowest BCUT2D eigenvalue weighted by Crippen LogP contribution is -2.01. The lowest BCUT2D eigenvalue weighted by Gasteiger charge is -2.10. The Bertz CT molecular complexity index is 540. The first kappa shape index (κ1) is 12.6. The van der Waals surface area contributed by atoms with Crippen LogP contribution in [-0.4, -0.2) is 0 Å². The van der Waals surface area contributed by atoms with Crippen LogP contribution >= 0.6 is 0 Å². The van der Waals surface area contributed by atoms with Gasteiger partial charge in [-0.15, -0.1) is 0 Å². The summed E-state index contributed by atoms with van der Waals surface area (Å²) in [6.07, 6.45) is 0. The van der Waals surface area contributed by atoms with Crippen molar-refractivity contribution in [2.45, 2.75) is 20.1 Å². The second kappa shape index (κ2) is 5.65. The van der Waals surface area contributed by atoms with Gasteiger partial charge < -0.3 is 10.5 Å². The van der Waals surface area contributed by atoms with Crippen molar-refractivity contribution in [3.8, 4) is 5.75 Å². The van der Waals surface area contributed by atoms with Crippen LogP contribution in [0.1, 0.15) is 16.7 Å². The van der Waals surface area contributed by atoms with Crippen LogP contribution in [0.2, 0.25) is 0 Å². The highest BCUT2D eigenvalue weighted by Crippen LogP contribution is 2.20. The van der Waals surface area contributed by atoms with Crippen LogP contribution in [0.25, 0.3) is 0 Å². The molecule has 0 aliphatic carbocycles. The third kappa shape index (κ3) is 2.87. The van der Waals surface area contributed by atoms with E-state index in [1.165, 1.54) is 6.07 Å². The molecule has 0 unspecified atom stereocenters. The Morgan fingerprint density at radius 3 is 2.61 bits per heavy atom. The number of nitrogens with two attached hydrogens (primary N) is 1. The molecule has 2 aromatic carbocycles. The highest BCUT2D eigenvalue weighted by Gasteiger charge is 2.05. The fraction of sp³-hybridized carbons (Fsp3) is 0.200. The molecule has 0 heterocycles. The molecule has 0 fully saturated rings. The van der Waals surface area contributed by atoms with Gasteiger partial charge in [-0.25, -0.2) is 4.39 Å². The maximum atomic E-state index is 13.7. The van der Waals surface area contributed by atoms with Crippen molar-refractivity contribution in [2.75, 3.05) is 0 Å². The van der Waals surface area contributed by atoms with E-state index in [1.807, 2.05) is 31.2 Å². The average Bonchev–Trinajstić information content (AvgIpc) is 2.39. The van der Waals surface area contributed by atoms with Gasteiger partial charge in [-0.3, -0.25) is 0 Å². The van der Waals surface area contributed by atoms with Gasteiger partial charge in [0.1, 0.15) is 6.61 Å². The van der Waals surface area contributed by atoms with Crippen LogP contribution in [-0.2, 0) is 13.2 Å². The quantitative estimate of drug-likeness (QED) is 0.898. The lowest BCUT2D eigenvalue weighted by atomic mass is 10.1. The summed E-state index contributed by atoms with van der Waals surface area (Å²) in [6.45, 7) is 2.70. The van der Waals surface area contributed by atoms with Gasteiger partial charge in [-0.05, 0) is 35.7 Å². The molecular formula is C15H16FNO. The van der Waals surface area contributed by atoms with E-state index in [0.29, 0.717) is 13.2 Å². The highest BCUT2D eigenvalue weighted by atomic mass is 19.1. The van der Waals surface area contributed by atoms with Crippen LogP contribution < -0.4 is 10.5 Å². The summed E-state index contributed by atoms with van der Waals surface area (Å²) in [5.74, 6) is -0.109. The predicted molar refractivity (Wildman–Crippen MR) is 69.8 cm³/mol. The Kier molecular flexibility index (Phi) is 3.95. The standard InChI is InChI=1S/C15H16FNO/c1-11-4-2-3-5-13(11)10-18-15-7-6-12(9-17)8-14(15)16/h2-8H,9-10,17H2,1H3. The SMILES string of the molecule is Cc1ccccc1COc1ccc(CN)cc1F. The monoisotopic (exact) mass is 245 g/mol. The first-order valence-electron chi connectivity index (χ1n) is 5.86. The zero-order valence-electron chi connectivity index (χ0n) is 10.3. The summed E-state index contributed by atoms with van der Waals surface area (Å²) in [4.78, 5) is 0. The van der Waals surface area contributed by atoms with Gasteiger partial charge >= 0.3 is 0 Å². The van der Waals surface area contributed by atoms with E-state index >= 15 is 0 Å². The van der Waals surface area contributed by atoms with E-state index in [0.717, 1.165) is 16.7 Å². The summed E-state index contributed by atoms with van der Waals surface area (Å²) in [5.41, 5.74) is 8.40. The van der Waals surface area contributed by atoms with Crippen LogP contribution in [0.4, 0.5) is 4.39 Å². The molecule has 2 nitrogen and oxygen atoms in total. The van der Waals surface area contributed by atoms with Gasteiger partial charge in [0.25, 0.3) is 0 Å². The number of benzene rings is 2. The molecule has 2 rings (SSSR count). The van der Waals surface area contributed by atoms with E-state index in [2.05, 4.69) is 0 Å². The first-order valence-corrected chi connectivity index (χ1v) is 5.86. The minimum Gasteiger partial charge on any atom is -0.486 e. The average molecular weight is 245 g/mol. The van der Waals surface area contributed by atoms with E-state index in [-0.39, 0.29) is 11.6 Å². The molecule has 0 aliphatic rings. The first-order chi connectivity index (χ1) is 8.70. The van der Waals surface area contributed by atoms with Gasteiger partial charge in [-0.2, -0.15) is 0 Å². The number of hydrogen-bond acceptors (Lipinski definition) is 2. The lowest BCUT2D eigenvalue weighted by molar-refractivity contribution is 0.289. The van der Waals surface area contributed by atoms with E-state index in [9.17, 15) is 4.39 Å². The fourth-order valence-corrected chi connectivity index (χ4v) is 1.72. The Labute approximate surface area is 106 Å². The van der Waals surface area contributed by atoms with Gasteiger partial charge in [0, 0.05) is 6.54 Å². The minimum absolute atomic E-state index is 0.260.